The number of hydrogen-bond donors (Lipinski definition) is 0. The molecule has 2 aromatic heterocycles. The fourth-order valence-corrected chi connectivity index (χ4v) is 5.53. The lowest BCUT2D eigenvalue weighted by Crippen LogP contribution is -2.28. The minimum absolute atomic E-state index is 0.0242. The Morgan fingerprint density at radius 1 is 1.23 bits per heavy atom. The Balaban J connectivity index is 1.52. The molecule has 0 fully saturated rings. The van der Waals surface area contributed by atoms with Crippen molar-refractivity contribution in [1.29, 1.82) is 0 Å². The fraction of sp³-hybridized carbons (Fsp3) is 0.375. The highest BCUT2D eigenvalue weighted by molar-refractivity contribution is 7.99. The molecule has 0 N–H and O–H groups in total. The number of carbonyl (C=O) groups excluding carboxylic acids is 1. The zero-order valence-electron chi connectivity index (χ0n) is 17.8. The van der Waals surface area contributed by atoms with Crippen molar-refractivity contribution in [3.63, 3.8) is 0 Å². The molecule has 1 aliphatic carbocycles. The van der Waals surface area contributed by atoms with Crippen molar-refractivity contribution in [2.75, 3.05) is 12.8 Å². The molecule has 0 saturated carbocycles. The number of thiophene rings is 1. The highest BCUT2D eigenvalue weighted by Gasteiger charge is 2.16. The molecule has 4 rings (SSSR count). The van der Waals surface area contributed by atoms with Gasteiger partial charge in [-0.25, -0.2) is 4.98 Å². The summed E-state index contributed by atoms with van der Waals surface area (Å²) in [5.74, 6) is 0.289. The maximum absolute atomic E-state index is 13.2. The number of thioether (sulfide) groups is 1. The number of fused-ring (bicyclic) bond motifs is 1. The van der Waals surface area contributed by atoms with Gasteiger partial charge in [-0.15, -0.1) is 11.3 Å². The summed E-state index contributed by atoms with van der Waals surface area (Å²) in [5.41, 5.74) is 2.08. The van der Waals surface area contributed by atoms with E-state index in [1.165, 1.54) is 30.2 Å². The Bertz CT molecular complexity index is 1140. The van der Waals surface area contributed by atoms with Crippen molar-refractivity contribution in [3.8, 4) is 0 Å². The Morgan fingerprint density at radius 2 is 2.10 bits per heavy atom. The summed E-state index contributed by atoms with van der Waals surface area (Å²) in [5, 5.41) is 3.27. The van der Waals surface area contributed by atoms with Crippen molar-refractivity contribution >= 4 is 39.9 Å². The van der Waals surface area contributed by atoms with Crippen LogP contribution in [0.4, 0.5) is 0 Å². The molecule has 0 saturated heterocycles. The van der Waals surface area contributed by atoms with Gasteiger partial charge in [0.15, 0.2) is 5.16 Å². The van der Waals surface area contributed by atoms with Gasteiger partial charge in [-0.2, -0.15) is 0 Å². The predicted octanol–water partition coefficient (Wildman–Crippen LogP) is 5.10. The number of allylic oxidation sites excluding steroid dienone is 2. The predicted molar refractivity (Wildman–Crippen MR) is 129 cm³/mol. The molecular formula is C24H27N3O2S2. The molecule has 1 aliphatic rings. The van der Waals surface area contributed by atoms with Gasteiger partial charge in [0.05, 0.1) is 23.2 Å². The van der Waals surface area contributed by atoms with E-state index in [-0.39, 0.29) is 17.2 Å². The molecule has 7 heteroatoms. The third kappa shape index (κ3) is 5.46. The molecule has 0 atom stereocenters. The van der Waals surface area contributed by atoms with Crippen LogP contribution in [0.5, 0.6) is 0 Å². The molecule has 31 heavy (non-hydrogen) atoms. The molecule has 0 radical (unpaired) electrons. The fourth-order valence-electron chi connectivity index (χ4n) is 3.80. The molecule has 0 bridgehead atoms. The van der Waals surface area contributed by atoms with Crippen molar-refractivity contribution in [2.45, 2.75) is 50.4 Å². The molecule has 0 unspecified atom stereocenters. The van der Waals surface area contributed by atoms with Gasteiger partial charge >= 0.3 is 0 Å². The van der Waals surface area contributed by atoms with Crippen LogP contribution < -0.4 is 5.56 Å². The lowest BCUT2D eigenvalue weighted by atomic mass is 9.97. The Hall–Kier alpha value is -2.38. The summed E-state index contributed by atoms with van der Waals surface area (Å²) < 4.78 is 1.76. The SMILES string of the molecule is CN(Cc1cccs1)C(=O)CSc1nc2ccccc2c(=O)n1CCC1=CCCCC1. The van der Waals surface area contributed by atoms with Gasteiger partial charge in [0.25, 0.3) is 5.56 Å². The number of hydrogen-bond acceptors (Lipinski definition) is 5. The summed E-state index contributed by atoms with van der Waals surface area (Å²) in [6, 6.07) is 11.5. The number of nitrogens with zero attached hydrogens (tertiary/aromatic N) is 3. The molecule has 2 heterocycles. The molecule has 1 amide bonds. The van der Waals surface area contributed by atoms with E-state index in [0.717, 1.165) is 24.1 Å². The van der Waals surface area contributed by atoms with Crippen LogP contribution in [-0.2, 0) is 17.9 Å². The summed E-state index contributed by atoms with van der Waals surface area (Å²) in [6.45, 7) is 1.20. The van der Waals surface area contributed by atoms with E-state index >= 15 is 0 Å². The third-order valence-corrected chi connectivity index (χ3v) is 7.41. The first kappa shape index (κ1) is 21.8. The monoisotopic (exact) mass is 453 g/mol. The van der Waals surface area contributed by atoms with Crippen LogP contribution in [0.2, 0.25) is 0 Å². The Morgan fingerprint density at radius 3 is 2.87 bits per heavy atom. The summed E-state index contributed by atoms with van der Waals surface area (Å²) in [6.07, 6.45) is 7.91. The van der Waals surface area contributed by atoms with Crippen LogP contribution in [0.25, 0.3) is 10.9 Å². The van der Waals surface area contributed by atoms with E-state index in [1.54, 1.807) is 20.8 Å². The molecule has 1 aromatic carbocycles. The second-order valence-corrected chi connectivity index (χ2v) is 9.82. The van der Waals surface area contributed by atoms with E-state index in [9.17, 15) is 9.59 Å². The van der Waals surface area contributed by atoms with Crippen molar-refractivity contribution < 1.29 is 4.79 Å². The minimum atomic E-state index is -0.0242. The highest BCUT2D eigenvalue weighted by Crippen LogP contribution is 2.23. The van der Waals surface area contributed by atoms with Crippen LogP contribution >= 0.6 is 23.1 Å². The molecule has 0 aliphatic heterocycles. The number of benzene rings is 1. The summed E-state index contributed by atoms with van der Waals surface area (Å²) >= 11 is 3.00. The van der Waals surface area contributed by atoms with Gasteiger partial charge in [-0.1, -0.05) is 41.6 Å². The van der Waals surface area contributed by atoms with Gasteiger partial charge in [0.2, 0.25) is 5.91 Å². The number of aromatic nitrogens is 2. The van der Waals surface area contributed by atoms with E-state index in [0.29, 0.717) is 29.1 Å². The molecule has 5 nitrogen and oxygen atoms in total. The molecular weight excluding hydrogens is 426 g/mol. The van der Waals surface area contributed by atoms with E-state index < -0.39 is 0 Å². The maximum Gasteiger partial charge on any atom is 0.262 e. The van der Waals surface area contributed by atoms with Crippen molar-refractivity contribution in [3.05, 3.63) is 68.7 Å². The average molecular weight is 454 g/mol. The van der Waals surface area contributed by atoms with E-state index in [2.05, 4.69) is 6.08 Å². The number of carbonyl (C=O) groups is 1. The van der Waals surface area contributed by atoms with Crippen LogP contribution in [-0.4, -0.2) is 33.2 Å². The quantitative estimate of drug-likeness (QED) is 0.271. The maximum atomic E-state index is 13.2. The second kappa shape index (κ2) is 10.3. The minimum Gasteiger partial charge on any atom is -0.340 e. The average Bonchev–Trinajstić information content (AvgIpc) is 3.30. The summed E-state index contributed by atoms with van der Waals surface area (Å²) in [4.78, 5) is 33.5. The smallest absolute Gasteiger partial charge is 0.262 e. The van der Waals surface area contributed by atoms with Crippen LogP contribution in [0, 0.1) is 0 Å². The standard InChI is InChI=1S/C24H27N3O2S2/c1-26(16-19-10-7-15-30-19)22(28)17-31-24-25-21-12-6-5-11-20(21)23(29)27(24)14-13-18-8-3-2-4-9-18/h5-8,10-12,15H,2-4,9,13-14,16-17H2,1H3. The van der Waals surface area contributed by atoms with Crippen LogP contribution in [0.1, 0.15) is 37.0 Å². The van der Waals surface area contributed by atoms with Crippen molar-refractivity contribution in [1.82, 2.24) is 14.5 Å². The molecule has 0 spiro atoms. The molecule has 3 aromatic rings. The first-order valence-electron chi connectivity index (χ1n) is 10.7. The largest absolute Gasteiger partial charge is 0.340 e. The highest BCUT2D eigenvalue weighted by atomic mass is 32.2. The van der Waals surface area contributed by atoms with Gasteiger partial charge in [-0.05, 0) is 55.7 Å². The number of rotatable bonds is 8. The Labute approximate surface area is 190 Å². The lowest BCUT2D eigenvalue weighted by Gasteiger charge is -2.18. The second-order valence-electron chi connectivity index (χ2n) is 7.84. The van der Waals surface area contributed by atoms with Gasteiger partial charge < -0.3 is 4.90 Å². The van der Waals surface area contributed by atoms with Crippen LogP contribution in [0.3, 0.4) is 0 Å². The first-order chi connectivity index (χ1) is 15.1. The first-order valence-corrected chi connectivity index (χ1v) is 12.5. The third-order valence-electron chi connectivity index (χ3n) is 5.59. The van der Waals surface area contributed by atoms with Crippen molar-refractivity contribution in [2.24, 2.45) is 0 Å². The number of para-hydroxylation sites is 1. The Kier molecular flexibility index (Phi) is 7.25. The number of amides is 1. The zero-order valence-corrected chi connectivity index (χ0v) is 19.4. The van der Waals surface area contributed by atoms with E-state index in [1.807, 2.05) is 48.8 Å². The normalized spacial score (nSPS) is 13.9. The molecule has 162 valence electrons. The summed E-state index contributed by atoms with van der Waals surface area (Å²) in [7, 11) is 1.82. The van der Waals surface area contributed by atoms with Gasteiger partial charge in [0, 0.05) is 18.5 Å². The topological polar surface area (TPSA) is 55.2 Å². The lowest BCUT2D eigenvalue weighted by molar-refractivity contribution is -0.127. The van der Waals surface area contributed by atoms with Crippen LogP contribution in [0.15, 0.2) is 63.4 Å². The van der Waals surface area contributed by atoms with Gasteiger partial charge in [-0.3, -0.25) is 14.2 Å². The van der Waals surface area contributed by atoms with E-state index in [4.69, 9.17) is 4.98 Å². The van der Waals surface area contributed by atoms with Gasteiger partial charge in [0.1, 0.15) is 0 Å². The zero-order chi connectivity index (χ0) is 21.6.